The molecule has 0 aliphatic carbocycles. The van der Waals surface area contributed by atoms with Gasteiger partial charge in [0.2, 0.25) is 5.91 Å². The summed E-state index contributed by atoms with van der Waals surface area (Å²) in [4.78, 5) is 35.5. The van der Waals surface area contributed by atoms with E-state index >= 15 is 0 Å². The number of carbonyl (C=O) groups is 2. The second kappa shape index (κ2) is 9.72. The normalized spacial score (nSPS) is 14.4. The van der Waals surface area contributed by atoms with Crippen LogP contribution in [0.2, 0.25) is 0 Å². The maximum Gasteiger partial charge on any atom is 0.258 e. The van der Waals surface area contributed by atoms with E-state index in [4.69, 9.17) is 9.26 Å². The van der Waals surface area contributed by atoms with Crippen molar-refractivity contribution in [1.29, 1.82) is 0 Å². The van der Waals surface area contributed by atoms with Gasteiger partial charge in [0.1, 0.15) is 5.75 Å². The van der Waals surface area contributed by atoms with Gasteiger partial charge in [-0.1, -0.05) is 5.16 Å². The number of aromatic nitrogens is 3. The van der Waals surface area contributed by atoms with Gasteiger partial charge in [-0.05, 0) is 55.7 Å². The first-order valence-corrected chi connectivity index (χ1v) is 10.7. The lowest BCUT2D eigenvalue weighted by atomic mass is 9.95. The summed E-state index contributed by atoms with van der Waals surface area (Å²) in [5.74, 6) is 2.03. The van der Waals surface area contributed by atoms with E-state index in [-0.39, 0.29) is 30.4 Å². The van der Waals surface area contributed by atoms with Gasteiger partial charge in [-0.25, -0.2) is 0 Å². The number of nitrogens with zero attached hydrogens (tertiary/aromatic N) is 4. The first kappa shape index (κ1) is 21.7. The van der Waals surface area contributed by atoms with Crippen LogP contribution in [0.4, 0.5) is 0 Å². The van der Waals surface area contributed by atoms with Crippen molar-refractivity contribution in [2.75, 3.05) is 20.2 Å². The summed E-state index contributed by atoms with van der Waals surface area (Å²) >= 11 is 0. The number of rotatable bonds is 7. The quantitative estimate of drug-likeness (QED) is 0.521. The van der Waals surface area contributed by atoms with Crippen LogP contribution in [-0.2, 0) is 4.79 Å². The first-order chi connectivity index (χ1) is 15.5. The van der Waals surface area contributed by atoms with Gasteiger partial charge in [0.25, 0.3) is 5.89 Å². The number of ether oxygens (including phenoxy) is 1. The SMILES string of the molecule is COc1ccc(C(=O)CCC(=O)N2CCC(c3noc(-c4ccncc4)n3)CC2)cc1C. The molecular weight excluding hydrogens is 408 g/mol. The minimum absolute atomic E-state index is 0.00706. The third kappa shape index (κ3) is 4.85. The number of benzene rings is 1. The number of aryl methyl sites for hydroxylation is 1. The maximum absolute atomic E-state index is 12.6. The molecule has 32 heavy (non-hydrogen) atoms. The molecule has 166 valence electrons. The highest BCUT2D eigenvalue weighted by Crippen LogP contribution is 2.28. The molecule has 1 fully saturated rings. The number of piperidine rings is 1. The molecule has 3 heterocycles. The van der Waals surface area contributed by atoms with Gasteiger partial charge in [-0.3, -0.25) is 14.6 Å². The van der Waals surface area contributed by atoms with E-state index in [1.165, 1.54) is 0 Å². The number of ketones is 1. The molecule has 8 nitrogen and oxygen atoms in total. The van der Waals surface area contributed by atoms with Crippen LogP contribution in [0, 0.1) is 6.92 Å². The summed E-state index contributed by atoms with van der Waals surface area (Å²) in [6.07, 6.45) is 5.32. The zero-order valence-corrected chi connectivity index (χ0v) is 18.3. The Morgan fingerprint density at radius 2 is 1.88 bits per heavy atom. The smallest absolute Gasteiger partial charge is 0.258 e. The summed E-state index contributed by atoms with van der Waals surface area (Å²) in [7, 11) is 1.60. The van der Waals surface area contributed by atoms with Crippen molar-refractivity contribution < 1.29 is 18.8 Å². The van der Waals surface area contributed by atoms with Gasteiger partial charge in [-0.2, -0.15) is 4.98 Å². The minimum Gasteiger partial charge on any atom is -0.496 e. The topological polar surface area (TPSA) is 98.4 Å². The number of carbonyl (C=O) groups excluding carboxylic acids is 2. The summed E-state index contributed by atoms with van der Waals surface area (Å²) in [5, 5.41) is 4.14. The predicted molar refractivity (Wildman–Crippen MR) is 117 cm³/mol. The first-order valence-electron chi connectivity index (χ1n) is 10.7. The van der Waals surface area contributed by atoms with Crippen molar-refractivity contribution in [3.8, 4) is 17.2 Å². The van der Waals surface area contributed by atoms with Crippen LogP contribution in [-0.4, -0.2) is 51.9 Å². The molecule has 1 aliphatic heterocycles. The molecule has 3 aromatic rings. The lowest BCUT2D eigenvalue weighted by Crippen LogP contribution is -2.38. The fourth-order valence-corrected chi connectivity index (χ4v) is 3.97. The summed E-state index contributed by atoms with van der Waals surface area (Å²) in [6, 6.07) is 8.99. The Kier molecular flexibility index (Phi) is 6.58. The summed E-state index contributed by atoms with van der Waals surface area (Å²) < 4.78 is 10.6. The molecule has 1 aromatic carbocycles. The predicted octanol–water partition coefficient (Wildman–Crippen LogP) is 3.82. The number of pyridine rings is 1. The van der Waals surface area contributed by atoms with Crippen molar-refractivity contribution in [2.24, 2.45) is 0 Å². The Bertz CT molecular complexity index is 1090. The Balaban J connectivity index is 1.27. The van der Waals surface area contributed by atoms with Gasteiger partial charge >= 0.3 is 0 Å². The van der Waals surface area contributed by atoms with Crippen LogP contribution >= 0.6 is 0 Å². The molecule has 8 heteroatoms. The zero-order valence-electron chi connectivity index (χ0n) is 18.3. The van der Waals surface area contributed by atoms with E-state index in [2.05, 4.69) is 15.1 Å². The molecule has 0 N–H and O–H groups in total. The van der Waals surface area contributed by atoms with Gasteiger partial charge in [-0.15, -0.1) is 0 Å². The molecule has 0 saturated carbocycles. The van der Waals surface area contributed by atoms with E-state index in [1.807, 2.05) is 30.0 Å². The largest absolute Gasteiger partial charge is 0.496 e. The van der Waals surface area contributed by atoms with Crippen molar-refractivity contribution >= 4 is 11.7 Å². The highest BCUT2D eigenvalue weighted by Gasteiger charge is 2.27. The Morgan fingerprint density at radius 3 is 2.56 bits per heavy atom. The van der Waals surface area contributed by atoms with Gasteiger partial charge < -0.3 is 14.2 Å². The van der Waals surface area contributed by atoms with Crippen molar-refractivity contribution in [2.45, 2.75) is 38.5 Å². The van der Waals surface area contributed by atoms with E-state index in [0.29, 0.717) is 30.4 Å². The molecule has 0 bridgehead atoms. The van der Waals surface area contributed by atoms with Gasteiger partial charge in [0, 0.05) is 55.4 Å². The van der Waals surface area contributed by atoms with Crippen LogP contribution in [0.25, 0.3) is 11.5 Å². The highest BCUT2D eigenvalue weighted by molar-refractivity contribution is 5.98. The third-order valence-electron chi connectivity index (χ3n) is 5.86. The van der Waals surface area contributed by atoms with E-state index in [1.54, 1.807) is 31.6 Å². The maximum atomic E-state index is 12.6. The van der Waals surface area contributed by atoms with E-state index in [0.717, 1.165) is 29.7 Å². The van der Waals surface area contributed by atoms with Crippen molar-refractivity contribution in [3.63, 3.8) is 0 Å². The third-order valence-corrected chi connectivity index (χ3v) is 5.86. The zero-order chi connectivity index (χ0) is 22.5. The molecule has 0 radical (unpaired) electrons. The lowest BCUT2D eigenvalue weighted by Gasteiger charge is -2.30. The standard InChI is InChI=1S/C24H26N4O4/c1-16-15-19(3-5-21(16)31-2)20(29)4-6-22(30)28-13-9-17(10-14-28)23-26-24(32-27-23)18-7-11-25-12-8-18/h3,5,7-8,11-12,15,17H,4,6,9-10,13-14H2,1-2H3. The van der Waals surface area contributed by atoms with Crippen LogP contribution in [0.3, 0.4) is 0 Å². The molecular formula is C24H26N4O4. The second-order valence-electron chi connectivity index (χ2n) is 7.96. The van der Waals surface area contributed by atoms with Crippen LogP contribution in [0.5, 0.6) is 5.75 Å². The molecule has 4 rings (SSSR count). The molecule has 1 saturated heterocycles. The van der Waals surface area contributed by atoms with E-state index in [9.17, 15) is 9.59 Å². The molecule has 0 unspecified atom stereocenters. The van der Waals surface area contributed by atoms with E-state index < -0.39 is 0 Å². The number of likely N-dealkylation sites (tertiary alicyclic amines) is 1. The van der Waals surface area contributed by atoms with Crippen LogP contribution in [0.1, 0.15) is 53.3 Å². The monoisotopic (exact) mass is 434 g/mol. The summed E-state index contributed by atoms with van der Waals surface area (Å²) in [5.41, 5.74) is 2.35. The Hall–Kier alpha value is -3.55. The van der Waals surface area contributed by atoms with Gasteiger partial charge in [0.15, 0.2) is 11.6 Å². The molecule has 0 spiro atoms. The average Bonchev–Trinajstić information content (AvgIpc) is 3.33. The van der Waals surface area contributed by atoms with Crippen molar-refractivity contribution in [1.82, 2.24) is 20.0 Å². The number of hydrogen-bond donors (Lipinski definition) is 0. The summed E-state index contributed by atoms with van der Waals surface area (Å²) in [6.45, 7) is 3.14. The number of Topliss-reactive ketones (excluding diaryl/α,β-unsaturated/α-hetero) is 1. The Labute approximate surface area is 186 Å². The molecule has 2 aromatic heterocycles. The van der Waals surface area contributed by atoms with Gasteiger partial charge in [0.05, 0.1) is 7.11 Å². The lowest BCUT2D eigenvalue weighted by molar-refractivity contribution is -0.132. The average molecular weight is 434 g/mol. The minimum atomic E-state index is -0.0329. The highest BCUT2D eigenvalue weighted by atomic mass is 16.5. The van der Waals surface area contributed by atoms with Crippen LogP contribution in [0.15, 0.2) is 47.2 Å². The molecule has 1 amide bonds. The number of methoxy groups -OCH3 is 1. The number of amides is 1. The fraction of sp³-hybridized carbons (Fsp3) is 0.375. The van der Waals surface area contributed by atoms with Crippen molar-refractivity contribution in [3.05, 3.63) is 59.7 Å². The fourth-order valence-electron chi connectivity index (χ4n) is 3.97. The molecule has 0 atom stereocenters. The van der Waals surface area contributed by atoms with Crippen LogP contribution < -0.4 is 4.74 Å². The molecule has 1 aliphatic rings. The number of hydrogen-bond acceptors (Lipinski definition) is 7. The second-order valence-corrected chi connectivity index (χ2v) is 7.96. The Morgan fingerprint density at radius 1 is 1.12 bits per heavy atom.